The van der Waals surface area contributed by atoms with E-state index in [1.807, 2.05) is 29.6 Å². The lowest BCUT2D eigenvalue weighted by atomic mass is 10.0. The molecule has 1 heterocycles. The van der Waals surface area contributed by atoms with Crippen LogP contribution in [-0.2, 0) is 6.42 Å². The van der Waals surface area contributed by atoms with Gasteiger partial charge in [-0.1, -0.05) is 45.2 Å². The molecule has 1 saturated heterocycles. The second-order valence-electron chi connectivity index (χ2n) is 5.96. The molecule has 1 fully saturated rings. The van der Waals surface area contributed by atoms with Crippen molar-refractivity contribution < 1.29 is 4.39 Å². The Hall–Kier alpha value is -0.150. The molecule has 1 aliphatic rings. The molecule has 0 bridgehead atoms. The molecule has 1 aromatic rings. The predicted molar refractivity (Wildman–Crippen MR) is 95.7 cm³/mol. The number of rotatable bonds is 7. The van der Waals surface area contributed by atoms with Crippen LogP contribution in [0.25, 0.3) is 0 Å². The molecule has 0 saturated carbocycles. The number of hydrogen-bond acceptors (Lipinski definition) is 2. The monoisotopic (exact) mass is 326 g/mol. The van der Waals surface area contributed by atoms with Crippen LogP contribution < -0.4 is 0 Å². The lowest BCUT2D eigenvalue weighted by Crippen LogP contribution is -2.14. The maximum Gasteiger partial charge on any atom is 0.126 e. The van der Waals surface area contributed by atoms with E-state index < -0.39 is 0 Å². The topological polar surface area (TPSA) is 0 Å². The second-order valence-corrected chi connectivity index (χ2v) is 8.54. The summed E-state index contributed by atoms with van der Waals surface area (Å²) in [5.41, 5.74) is 2.05. The first-order valence-corrected chi connectivity index (χ1v) is 10.4. The van der Waals surface area contributed by atoms with E-state index in [4.69, 9.17) is 0 Å². The maximum atomic E-state index is 14.2. The van der Waals surface area contributed by atoms with Gasteiger partial charge in [-0.15, -0.1) is 23.5 Å². The molecule has 0 unspecified atom stereocenters. The van der Waals surface area contributed by atoms with Crippen LogP contribution in [0.2, 0.25) is 0 Å². The highest BCUT2D eigenvalue weighted by molar-refractivity contribution is 8.16. The number of halogens is 1. The molecule has 0 aromatic heterocycles. The summed E-state index contributed by atoms with van der Waals surface area (Å²) in [5, 5.41) is 0. The van der Waals surface area contributed by atoms with Crippen LogP contribution in [0, 0.1) is 11.7 Å². The van der Waals surface area contributed by atoms with Crippen LogP contribution in [0.5, 0.6) is 0 Å². The standard InChI is InChI=1S/C18H27FS2/c1-3-5-6-8-15-9-10-16(11-17(15)19)18-20-12-14(7-4-2)13-21-18/h9-11,14,18H,3-8,12-13H2,1-2H3. The predicted octanol–water partition coefficient (Wildman–Crippen LogP) is 6.45. The van der Waals surface area contributed by atoms with Crippen molar-refractivity contribution in [3.63, 3.8) is 0 Å². The van der Waals surface area contributed by atoms with Crippen LogP contribution in [-0.4, -0.2) is 11.5 Å². The average molecular weight is 327 g/mol. The van der Waals surface area contributed by atoms with Crippen molar-refractivity contribution in [3.05, 3.63) is 35.1 Å². The number of benzene rings is 1. The van der Waals surface area contributed by atoms with Crippen molar-refractivity contribution in [3.8, 4) is 0 Å². The third-order valence-corrected chi connectivity index (χ3v) is 7.36. The first-order chi connectivity index (χ1) is 10.2. The summed E-state index contributed by atoms with van der Waals surface area (Å²) in [6.45, 7) is 4.44. The highest BCUT2D eigenvalue weighted by atomic mass is 32.2. The van der Waals surface area contributed by atoms with Crippen LogP contribution in [0.15, 0.2) is 18.2 Å². The molecule has 0 atom stereocenters. The fourth-order valence-electron chi connectivity index (χ4n) is 2.79. The highest BCUT2D eigenvalue weighted by Gasteiger charge is 2.23. The molecule has 0 aliphatic carbocycles. The quantitative estimate of drug-likeness (QED) is 0.528. The molecule has 118 valence electrons. The van der Waals surface area contributed by atoms with Gasteiger partial charge in [-0.3, -0.25) is 0 Å². The summed E-state index contributed by atoms with van der Waals surface area (Å²) in [7, 11) is 0. The summed E-state index contributed by atoms with van der Waals surface area (Å²) < 4.78 is 14.6. The van der Waals surface area contributed by atoms with Crippen molar-refractivity contribution in [2.75, 3.05) is 11.5 Å². The Balaban J connectivity index is 1.91. The van der Waals surface area contributed by atoms with Crippen molar-refractivity contribution in [1.29, 1.82) is 0 Å². The normalized spacial score (nSPS) is 22.4. The van der Waals surface area contributed by atoms with Gasteiger partial charge in [-0.05, 0) is 53.9 Å². The van der Waals surface area contributed by atoms with Gasteiger partial charge in [0, 0.05) is 0 Å². The zero-order valence-electron chi connectivity index (χ0n) is 13.2. The zero-order valence-corrected chi connectivity index (χ0v) is 14.9. The van der Waals surface area contributed by atoms with Crippen LogP contribution in [0.1, 0.15) is 61.7 Å². The Morgan fingerprint density at radius 2 is 1.86 bits per heavy atom. The molecular formula is C18H27FS2. The first-order valence-electron chi connectivity index (χ1n) is 8.26. The molecule has 0 radical (unpaired) electrons. The molecule has 1 aliphatic heterocycles. The van der Waals surface area contributed by atoms with Crippen molar-refractivity contribution in [1.82, 2.24) is 0 Å². The van der Waals surface area contributed by atoms with E-state index in [1.54, 1.807) is 6.07 Å². The van der Waals surface area contributed by atoms with Gasteiger partial charge in [0.25, 0.3) is 0 Å². The summed E-state index contributed by atoms with van der Waals surface area (Å²) >= 11 is 3.99. The maximum absolute atomic E-state index is 14.2. The van der Waals surface area contributed by atoms with Crippen molar-refractivity contribution in [2.24, 2.45) is 5.92 Å². The fourth-order valence-corrected chi connectivity index (χ4v) is 5.94. The fraction of sp³-hybridized carbons (Fsp3) is 0.667. The highest BCUT2D eigenvalue weighted by Crippen LogP contribution is 2.46. The van der Waals surface area contributed by atoms with E-state index in [2.05, 4.69) is 19.9 Å². The molecule has 0 spiro atoms. The Morgan fingerprint density at radius 1 is 1.10 bits per heavy atom. The van der Waals surface area contributed by atoms with Gasteiger partial charge in [0.2, 0.25) is 0 Å². The van der Waals surface area contributed by atoms with Crippen molar-refractivity contribution in [2.45, 2.75) is 57.0 Å². The molecule has 0 nitrogen and oxygen atoms in total. The number of hydrogen-bond donors (Lipinski definition) is 0. The molecule has 0 amide bonds. The van der Waals surface area contributed by atoms with E-state index in [0.29, 0.717) is 4.58 Å². The number of unbranched alkanes of at least 4 members (excludes halogenated alkanes) is 2. The van der Waals surface area contributed by atoms with Gasteiger partial charge in [-0.25, -0.2) is 4.39 Å². The smallest absolute Gasteiger partial charge is 0.126 e. The van der Waals surface area contributed by atoms with Gasteiger partial charge in [0.1, 0.15) is 5.82 Å². The summed E-state index contributed by atoms with van der Waals surface area (Å²) in [6, 6.07) is 5.95. The van der Waals surface area contributed by atoms with Crippen molar-refractivity contribution >= 4 is 23.5 Å². The summed E-state index contributed by atoms with van der Waals surface area (Å²) in [6.07, 6.45) is 6.96. The minimum Gasteiger partial charge on any atom is -0.207 e. The Morgan fingerprint density at radius 3 is 2.48 bits per heavy atom. The van der Waals surface area contributed by atoms with E-state index in [-0.39, 0.29) is 5.82 Å². The van der Waals surface area contributed by atoms with Gasteiger partial charge >= 0.3 is 0 Å². The second kappa shape index (κ2) is 9.09. The molecule has 1 aromatic carbocycles. The first kappa shape index (κ1) is 17.2. The van der Waals surface area contributed by atoms with E-state index >= 15 is 0 Å². The van der Waals surface area contributed by atoms with Gasteiger partial charge < -0.3 is 0 Å². The van der Waals surface area contributed by atoms with Gasteiger partial charge in [-0.2, -0.15) is 0 Å². The molecule has 3 heteroatoms. The van der Waals surface area contributed by atoms with E-state index in [9.17, 15) is 4.39 Å². The van der Waals surface area contributed by atoms with E-state index in [0.717, 1.165) is 29.9 Å². The van der Waals surface area contributed by atoms with Crippen LogP contribution >= 0.6 is 23.5 Å². The van der Waals surface area contributed by atoms with Crippen LogP contribution in [0.3, 0.4) is 0 Å². The Kier molecular flexibility index (Phi) is 7.45. The van der Waals surface area contributed by atoms with E-state index in [1.165, 1.54) is 37.2 Å². The number of aryl methyl sites for hydroxylation is 1. The SMILES string of the molecule is CCCCCc1ccc(C2SCC(CCC)CS2)cc1F. The molecule has 21 heavy (non-hydrogen) atoms. The minimum absolute atomic E-state index is 0.000449. The third-order valence-electron chi connectivity index (χ3n) is 4.06. The Labute approximate surface area is 137 Å². The zero-order chi connectivity index (χ0) is 15.1. The Bertz CT molecular complexity index is 425. The molecule has 2 rings (SSSR count). The molecule has 0 N–H and O–H groups in total. The van der Waals surface area contributed by atoms with Crippen LogP contribution in [0.4, 0.5) is 4.39 Å². The average Bonchev–Trinajstić information content (AvgIpc) is 2.50. The largest absolute Gasteiger partial charge is 0.207 e. The van der Waals surface area contributed by atoms with Gasteiger partial charge in [0.15, 0.2) is 0 Å². The summed E-state index contributed by atoms with van der Waals surface area (Å²) in [4.78, 5) is 0. The van der Waals surface area contributed by atoms with Gasteiger partial charge in [0.05, 0.1) is 4.58 Å². The lowest BCUT2D eigenvalue weighted by molar-refractivity contribution is 0.590. The minimum atomic E-state index is 0.000449. The summed E-state index contributed by atoms with van der Waals surface area (Å²) in [5.74, 6) is 3.30. The molecular weight excluding hydrogens is 299 g/mol. The lowest BCUT2D eigenvalue weighted by Gasteiger charge is -2.28. The number of thioether (sulfide) groups is 2. The third kappa shape index (κ3) is 5.21.